The van der Waals surface area contributed by atoms with Crippen molar-refractivity contribution in [2.75, 3.05) is 6.61 Å². The lowest BCUT2D eigenvalue weighted by Gasteiger charge is -2.31. The number of rotatable bonds is 9. The van der Waals surface area contributed by atoms with Gasteiger partial charge in [-0.1, -0.05) is 77.6 Å². The highest BCUT2D eigenvalue weighted by Crippen LogP contribution is 2.38. The number of hydrogen-bond acceptors (Lipinski definition) is 2. The summed E-state index contributed by atoms with van der Waals surface area (Å²) in [6.45, 7) is 5.10. The van der Waals surface area contributed by atoms with Gasteiger partial charge in [0.2, 0.25) is 0 Å². The fourth-order valence-corrected chi connectivity index (χ4v) is 5.37. The van der Waals surface area contributed by atoms with Crippen LogP contribution in [0.2, 0.25) is 0 Å². The van der Waals surface area contributed by atoms with Gasteiger partial charge in [-0.3, -0.25) is 4.98 Å². The van der Waals surface area contributed by atoms with Crippen LogP contribution in [0.4, 0.5) is 0 Å². The Morgan fingerprint density at radius 2 is 1.33 bits per heavy atom. The van der Waals surface area contributed by atoms with Crippen LogP contribution in [0.1, 0.15) is 96.6 Å². The molecule has 0 unspecified atom stereocenters. The molecule has 1 aromatic heterocycles. The molecule has 2 aliphatic rings. The normalized spacial score (nSPS) is 28.8. The van der Waals surface area contributed by atoms with Crippen LogP contribution in [0.15, 0.2) is 18.3 Å². The molecule has 1 aromatic rings. The van der Waals surface area contributed by atoms with E-state index in [1.807, 2.05) is 13.1 Å². The third-order valence-corrected chi connectivity index (χ3v) is 7.41. The fourth-order valence-electron chi connectivity index (χ4n) is 5.37. The number of pyridine rings is 1. The third kappa shape index (κ3) is 6.80. The van der Waals surface area contributed by atoms with Crippen molar-refractivity contribution in [3.05, 3.63) is 24.0 Å². The van der Waals surface area contributed by atoms with E-state index in [1.54, 1.807) is 0 Å². The SMILES string of the molecule is CCOc1ccc(CC[C@H]2CC[C@H](CC[C@H]3CC[C@H](CC)CC3)CC2)nc1. The minimum atomic E-state index is 0.713. The van der Waals surface area contributed by atoms with E-state index in [4.69, 9.17) is 4.74 Å². The van der Waals surface area contributed by atoms with Gasteiger partial charge in [-0.15, -0.1) is 0 Å². The summed E-state index contributed by atoms with van der Waals surface area (Å²) >= 11 is 0. The molecule has 2 heteroatoms. The van der Waals surface area contributed by atoms with Crippen molar-refractivity contribution in [2.45, 2.75) is 97.3 Å². The number of aromatic nitrogens is 1. The summed E-state index contributed by atoms with van der Waals surface area (Å²) < 4.78 is 5.48. The van der Waals surface area contributed by atoms with E-state index >= 15 is 0 Å². The maximum atomic E-state index is 5.48. The summed E-state index contributed by atoms with van der Waals surface area (Å²) in [4.78, 5) is 4.56. The molecular formula is C25H41NO. The van der Waals surface area contributed by atoms with Gasteiger partial charge in [-0.25, -0.2) is 0 Å². The molecule has 0 saturated heterocycles. The van der Waals surface area contributed by atoms with E-state index in [0.717, 1.165) is 35.8 Å². The topological polar surface area (TPSA) is 22.1 Å². The van der Waals surface area contributed by atoms with Crippen LogP contribution in [0.5, 0.6) is 5.75 Å². The third-order valence-electron chi connectivity index (χ3n) is 7.41. The first-order valence-electron chi connectivity index (χ1n) is 11.8. The van der Waals surface area contributed by atoms with Crippen LogP contribution >= 0.6 is 0 Å². The molecule has 2 fully saturated rings. The van der Waals surface area contributed by atoms with E-state index in [-0.39, 0.29) is 0 Å². The van der Waals surface area contributed by atoms with Gasteiger partial charge in [0.1, 0.15) is 5.75 Å². The number of aryl methyl sites for hydroxylation is 1. The lowest BCUT2D eigenvalue weighted by atomic mass is 9.74. The summed E-state index contributed by atoms with van der Waals surface area (Å²) in [6.07, 6.45) is 20.7. The minimum Gasteiger partial charge on any atom is -0.492 e. The standard InChI is InChI=1S/C25H41NO/c1-3-20-5-7-21(8-6-20)9-10-22-11-13-23(14-12-22)15-16-24-17-18-25(19-26-24)27-4-2/h17-23H,3-16H2,1-2H3/t20-,21-,22-,23-. The molecule has 152 valence electrons. The second kappa shape index (κ2) is 11.1. The smallest absolute Gasteiger partial charge is 0.137 e. The molecule has 0 bridgehead atoms. The summed E-state index contributed by atoms with van der Waals surface area (Å²) in [6, 6.07) is 4.21. The Labute approximate surface area is 167 Å². The summed E-state index contributed by atoms with van der Waals surface area (Å²) in [5, 5.41) is 0. The fraction of sp³-hybridized carbons (Fsp3) is 0.800. The molecule has 27 heavy (non-hydrogen) atoms. The van der Waals surface area contributed by atoms with Crippen molar-refractivity contribution in [2.24, 2.45) is 23.7 Å². The first kappa shape index (κ1) is 20.7. The zero-order chi connectivity index (χ0) is 18.9. The second-order valence-electron chi connectivity index (χ2n) is 9.22. The van der Waals surface area contributed by atoms with Crippen molar-refractivity contribution >= 4 is 0 Å². The Kier molecular flexibility index (Phi) is 8.48. The summed E-state index contributed by atoms with van der Waals surface area (Å²) in [7, 11) is 0. The average molecular weight is 372 g/mol. The number of ether oxygens (including phenoxy) is 1. The molecular weight excluding hydrogens is 330 g/mol. The summed E-state index contributed by atoms with van der Waals surface area (Å²) in [5.74, 6) is 4.94. The van der Waals surface area contributed by atoms with Gasteiger partial charge in [0.05, 0.1) is 12.8 Å². The van der Waals surface area contributed by atoms with Gasteiger partial charge in [-0.05, 0) is 55.6 Å². The van der Waals surface area contributed by atoms with Gasteiger partial charge < -0.3 is 4.74 Å². The first-order valence-corrected chi connectivity index (χ1v) is 11.8. The van der Waals surface area contributed by atoms with Gasteiger partial charge >= 0.3 is 0 Å². The molecule has 1 heterocycles. The first-order chi connectivity index (χ1) is 13.3. The lowest BCUT2D eigenvalue weighted by molar-refractivity contribution is 0.211. The van der Waals surface area contributed by atoms with Crippen molar-refractivity contribution in [3.63, 3.8) is 0 Å². The monoisotopic (exact) mass is 371 g/mol. The lowest BCUT2D eigenvalue weighted by Crippen LogP contribution is -2.18. The highest BCUT2D eigenvalue weighted by atomic mass is 16.5. The van der Waals surface area contributed by atoms with Crippen molar-refractivity contribution in [3.8, 4) is 5.75 Å². The Morgan fingerprint density at radius 1 is 0.778 bits per heavy atom. The van der Waals surface area contributed by atoms with Gasteiger partial charge in [0.25, 0.3) is 0 Å². The van der Waals surface area contributed by atoms with Crippen LogP contribution < -0.4 is 4.74 Å². The van der Waals surface area contributed by atoms with Crippen LogP contribution in [0.25, 0.3) is 0 Å². The molecule has 0 spiro atoms. The van der Waals surface area contributed by atoms with Crippen molar-refractivity contribution < 1.29 is 4.74 Å². The van der Waals surface area contributed by atoms with Gasteiger partial charge in [0, 0.05) is 5.69 Å². The number of nitrogens with zero attached hydrogens (tertiary/aromatic N) is 1. The van der Waals surface area contributed by atoms with Gasteiger partial charge in [0.15, 0.2) is 0 Å². The largest absolute Gasteiger partial charge is 0.492 e. The zero-order valence-electron chi connectivity index (χ0n) is 17.8. The van der Waals surface area contributed by atoms with E-state index in [0.29, 0.717) is 6.61 Å². The molecule has 2 nitrogen and oxygen atoms in total. The van der Waals surface area contributed by atoms with E-state index in [2.05, 4.69) is 24.0 Å². The maximum Gasteiger partial charge on any atom is 0.137 e. The Bertz CT molecular complexity index is 510. The molecule has 3 rings (SSSR count). The number of hydrogen-bond donors (Lipinski definition) is 0. The van der Waals surface area contributed by atoms with Crippen molar-refractivity contribution in [1.29, 1.82) is 0 Å². The van der Waals surface area contributed by atoms with Crippen LogP contribution in [0, 0.1) is 23.7 Å². The van der Waals surface area contributed by atoms with E-state index < -0.39 is 0 Å². The molecule has 0 atom stereocenters. The van der Waals surface area contributed by atoms with Crippen LogP contribution in [-0.4, -0.2) is 11.6 Å². The maximum absolute atomic E-state index is 5.48. The van der Waals surface area contributed by atoms with E-state index in [1.165, 1.54) is 82.7 Å². The Balaban J connectivity index is 1.28. The second-order valence-corrected chi connectivity index (χ2v) is 9.22. The molecule has 0 amide bonds. The molecule has 0 aliphatic heterocycles. The van der Waals surface area contributed by atoms with E-state index in [9.17, 15) is 0 Å². The predicted octanol–water partition coefficient (Wildman–Crippen LogP) is 7.22. The summed E-state index contributed by atoms with van der Waals surface area (Å²) in [5.41, 5.74) is 1.23. The van der Waals surface area contributed by atoms with Crippen LogP contribution in [-0.2, 0) is 6.42 Å². The Hall–Kier alpha value is -1.05. The Morgan fingerprint density at radius 3 is 1.81 bits per heavy atom. The quantitative estimate of drug-likeness (QED) is 0.457. The highest BCUT2D eigenvalue weighted by Gasteiger charge is 2.24. The van der Waals surface area contributed by atoms with Crippen LogP contribution in [0.3, 0.4) is 0 Å². The van der Waals surface area contributed by atoms with Gasteiger partial charge in [-0.2, -0.15) is 0 Å². The van der Waals surface area contributed by atoms with Crippen molar-refractivity contribution in [1.82, 2.24) is 4.98 Å². The molecule has 2 aliphatic carbocycles. The minimum absolute atomic E-state index is 0.713. The molecule has 0 aromatic carbocycles. The molecule has 0 radical (unpaired) electrons. The molecule has 2 saturated carbocycles. The molecule has 0 N–H and O–H groups in total. The highest BCUT2D eigenvalue weighted by molar-refractivity contribution is 5.19. The zero-order valence-corrected chi connectivity index (χ0v) is 17.8. The average Bonchev–Trinajstić information content (AvgIpc) is 2.73. The predicted molar refractivity (Wildman–Crippen MR) is 114 cm³/mol.